The topological polar surface area (TPSA) is 93.9 Å². The number of carbonyl (C=O) groups excluding carboxylic acids is 2. The van der Waals surface area contributed by atoms with E-state index < -0.39 is 5.60 Å². The molecule has 1 aromatic rings. The molecule has 2 rings (SSSR count). The van der Waals surface area contributed by atoms with Crippen LogP contribution in [0, 0.1) is 0 Å². The molecule has 1 aliphatic heterocycles. The highest BCUT2D eigenvalue weighted by Gasteiger charge is 2.27. The van der Waals surface area contributed by atoms with Crippen LogP contribution >= 0.6 is 0 Å². The number of nitrogen functional groups attached to an aromatic ring is 1. The lowest BCUT2D eigenvalue weighted by atomic mass is 10.0. The number of hydrogen-bond donors (Lipinski definition) is 2. The highest BCUT2D eigenvalue weighted by Crippen LogP contribution is 2.22. The van der Waals surface area contributed by atoms with E-state index in [0.717, 1.165) is 0 Å². The van der Waals surface area contributed by atoms with Crippen LogP contribution in [-0.4, -0.2) is 48.7 Å². The molecule has 138 valence electrons. The molecule has 0 unspecified atom stereocenters. The van der Waals surface area contributed by atoms with Crippen molar-refractivity contribution in [2.45, 2.75) is 45.3 Å². The predicted octanol–water partition coefficient (Wildman–Crippen LogP) is 2.41. The third kappa shape index (κ3) is 5.27. The lowest BCUT2D eigenvalue weighted by Crippen LogP contribution is -2.47. The summed E-state index contributed by atoms with van der Waals surface area (Å²) < 4.78 is 10.5. The molecule has 1 fully saturated rings. The summed E-state index contributed by atoms with van der Waals surface area (Å²) in [6.07, 6.45) is 1.08. The van der Waals surface area contributed by atoms with Gasteiger partial charge < -0.3 is 25.4 Å². The largest absolute Gasteiger partial charge is 0.495 e. The fourth-order valence-corrected chi connectivity index (χ4v) is 2.68. The molecule has 0 bridgehead atoms. The van der Waals surface area contributed by atoms with Crippen LogP contribution in [0.25, 0.3) is 0 Å². The molecular formula is C18H27N3O4. The van der Waals surface area contributed by atoms with Gasteiger partial charge >= 0.3 is 6.09 Å². The van der Waals surface area contributed by atoms with Crippen molar-refractivity contribution in [1.82, 2.24) is 10.2 Å². The van der Waals surface area contributed by atoms with Gasteiger partial charge in [0.1, 0.15) is 11.4 Å². The van der Waals surface area contributed by atoms with Crippen LogP contribution in [0.2, 0.25) is 0 Å². The highest BCUT2D eigenvalue weighted by molar-refractivity contribution is 5.95. The first-order valence-corrected chi connectivity index (χ1v) is 8.42. The second-order valence-corrected chi connectivity index (χ2v) is 7.17. The fourth-order valence-electron chi connectivity index (χ4n) is 2.68. The molecule has 0 radical (unpaired) electrons. The summed E-state index contributed by atoms with van der Waals surface area (Å²) in [7, 11) is 1.53. The van der Waals surface area contributed by atoms with Crippen LogP contribution in [0.1, 0.15) is 44.0 Å². The number of likely N-dealkylation sites (tertiary alicyclic amines) is 1. The van der Waals surface area contributed by atoms with E-state index in [0.29, 0.717) is 42.9 Å². The lowest BCUT2D eigenvalue weighted by Gasteiger charge is -2.33. The fraction of sp³-hybridized carbons (Fsp3) is 0.556. The number of benzene rings is 1. The summed E-state index contributed by atoms with van der Waals surface area (Å²) in [6, 6.07) is 4.98. The molecule has 7 heteroatoms. The first-order valence-electron chi connectivity index (χ1n) is 8.42. The van der Waals surface area contributed by atoms with Crippen LogP contribution in [0.15, 0.2) is 18.2 Å². The van der Waals surface area contributed by atoms with Gasteiger partial charge in [0.25, 0.3) is 5.91 Å². The molecule has 25 heavy (non-hydrogen) atoms. The van der Waals surface area contributed by atoms with Gasteiger partial charge in [0.05, 0.1) is 12.8 Å². The van der Waals surface area contributed by atoms with Gasteiger partial charge in [-0.25, -0.2) is 4.79 Å². The normalized spacial score (nSPS) is 15.6. The molecule has 3 N–H and O–H groups in total. The van der Waals surface area contributed by atoms with Gasteiger partial charge in [0.15, 0.2) is 0 Å². The van der Waals surface area contributed by atoms with Crippen molar-refractivity contribution < 1.29 is 19.1 Å². The zero-order valence-corrected chi connectivity index (χ0v) is 15.3. The highest BCUT2D eigenvalue weighted by atomic mass is 16.6. The van der Waals surface area contributed by atoms with Crippen molar-refractivity contribution in [3.63, 3.8) is 0 Å². The molecule has 2 amide bonds. The van der Waals surface area contributed by atoms with E-state index >= 15 is 0 Å². The Bertz CT molecular complexity index is 632. The molecule has 1 aromatic carbocycles. The molecule has 1 aliphatic rings. The molecule has 0 saturated carbocycles. The SMILES string of the molecule is COc1ccc(C(=O)NC2CCN(C(=O)OC(C)(C)C)CC2)cc1N. The number of piperidine rings is 1. The van der Waals surface area contributed by atoms with Gasteiger partial charge in [0, 0.05) is 24.7 Å². The molecule has 1 heterocycles. The van der Waals surface area contributed by atoms with Crippen molar-refractivity contribution in [3.05, 3.63) is 23.8 Å². The molecule has 0 spiro atoms. The van der Waals surface area contributed by atoms with Gasteiger partial charge in [0.2, 0.25) is 0 Å². The van der Waals surface area contributed by atoms with Crippen LogP contribution in [-0.2, 0) is 4.74 Å². The summed E-state index contributed by atoms with van der Waals surface area (Å²) in [6.45, 7) is 6.66. The monoisotopic (exact) mass is 349 g/mol. The molecule has 1 saturated heterocycles. The maximum absolute atomic E-state index is 12.4. The molecular weight excluding hydrogens is 322 g/mol. The Kier molecular flexibility index (Phi) is 5.77. The van der Waals surface area contributed by atoms with Gasteiger partial charge in [-0.05, 0) is 51.8 Å². The van der Waals surface area contributed by atoms with E-state index in [4.69, 9.17) is 15.2 Å². The van der Waals surface area contributed by atoms with Gasteiger partial charge in [-0.2, -0.15) is 0 Å². The number of rotatable bonds is 3. The van der Waals surface area contributed by atoms with E-state index in [9.17, 15) is 9.59 Å². The summed E-state index contributed by atoms with van der Waals surface area (Å²) >= 11 is 0. The van der Waals surface area contributed by atoms with Crippen LogP contribution < -0.4 is 15.8 Å². The standard InChI is InChI=1S/C18H27N3O4/c1-18(2,3)25-17(23)21-9-7-13(8-10-21)20-16(22)12-5-6-15(24-4)14(19)11-12/h5-6,11,13H,7-10,19H2,1-4H3,(H,20,22). The number of ether oxygens (including phenoxy) is 2. The maximum Gasteiger partial charge on any atom is 0.410 e. The summed E-state index contributed by atoms with van der Waals surface area (Å²) in [5, 5.41) is 2.99. The Morgan fingerprint density at radius 2 is 1.88 bits per heavy atom. The number of nitrogens with two attached hydrogens (primary N) is 1. The summed E-state index contributed by atoms with van der Waals surface area (Å²) in [5.41, 5.74) is 6.26. The van der Waals surface area contributed by atoms with Crippen molar-refractivity contribution in [3.8, 4) is 5.75 Å². The number of hydrogen-bond acceptors (Lipinski definition) is 5. The third-order valence-corrected chi connectivity index (χ3v) is 3.97. The van der Waals surface area contributed by atoms with Crippen LogP contribution in [0.4, 0.5) is 10.5 Å². The molecule has 0 aliphatic carbocycles. The minimum Gasteiger partial charge on any atom is -0.495 e. The number of anilines is 1. The van der Waals surface area contributed by atoms with E-state index in [1.54, 1.807) is 23.1 Å². The van der Waals surface area contributed by atoms with E-state index in [1.165, 1.54) is 7.11 Å². The summed E-state index contributed by atoms with van der Waals surface area (Å²) in [4.78, 5) is 26.1. The Balaban J connectivity index is 1.86. The van der Waals surface area contributed by atoms with Crippen molar-refractivity contribution >= 4 is 17.7 Å². The third-order valence-electron chi connectivity index (χ3n) is 3.97. The number of nitrogens with one attached hydrogen (secondary N) is 1. The Morgan fingerprint density at radius 1 is 1.24 bits per heavy atom. The van der Waals surface area contributed by atoms with Gasteiger partial charge in [-0.15, -0.1) is 0 Å². The second kappa shape index (κ2) is 7.63. The van der Waals surface area contributed by atoms with E-state index in [-0.39, 0.29) is 18.0 Å². The summed E-state index contributed by atoms with van der Waals surface area (Å²) in [5.74, 6) is 0.368. The first-order chi connectivity index (χ1) is 11.7. The lowest BCUT2D eigenvalue weighted by molar-refractivity contribution is 0.0199. The predicted molar refractivity (Wildman–Crippen MR) is 95.7 cm³/mol. The van der Waals surface area contributed by atoms with Crippen LogP contribution in [0.3, 0.4) is 0 Å². The molecule has 7 nitrogen and oxygen atoms in total. The zero-order chi connectivity index (χ0) is 18.6. The minimum atomic E-state index is -0.504. The maximum atomic E-state index is 12.4. The van der Waals surface area contributed by atoms with Crippen molar-refractivity contribution in [2.75, 3.05) is 25.9 Å². The van der Waals surface area contributed by atoms with Crippen molar-refractivity contribution in [2.24, 2.45) is 0 Å². The molecule has 0 aromatic heterocycles. The average molecular weight is 349 g/mol. The number of carbonyl (C=O) groups is 2. The smallest absolute Gasteiger partial charge is 0.410 e. The number of amides is 2. The first kappa shape index (κ1) is 18.9. The van der Waals surface area contributed by atoms with Gasteiger partial charge in [-0.3, -0.25) is 4.79 Å². The average Bonchev–Trinajstić information content (AvgIpc) is 2.53. The Hall–Kier alpha value is -2.44. The second-order valence-electron chi connectivity index (χ2n) is 7.17. The van der Waals surface area contributed by atoms with Crippen LogP contribution in [0.5, 0.6) is 5.75 Å². The zero-order valence-electron chi connectivity index (χ0n) is 15.3. The van der Waals surface area contributed by atoms with E-state index in [2.05, 4.69) is 5.32 Å². The quantitative estimate of drug-likeness (QED) is 0.817. The van der Waals surface area contributed by atoms with Gasteiger partial charge in [-0.1, -0.05) is 0 Å². The Labute approximate surface area is 148 Å². The Morgan fingerprint density at radius 3 is 2.40 bits per heavy atom. The number of nitrogens with zero attached hydrogens (tertiary/aromatic N) is 1. The number of methoxy groups -OCH3 is 1. The minimum absolute atomic E-state index is 0.0227. The molecule has 0 atom stereocenters. The van der Waals surface area contributed by atoms with Crippen molar-refractivity contribution in [1.29, 1.82) is 0 Å². The van der Waals surface area contributed by atoms with E-state index in [1.807, 2.05) is 20.8 Å².